The smallest absolute Gasteiger partial charge is 0.416 e. The van der Waals surface area contributed by atoms with E-state index in [2.05, 4.69) is 4.98 Å². The molecular formula is C14H8Cl3F3N2O2. The molecule has 128 valence electrons. The fourth-order valence-electron chi connectivity index (χ4n) is 1.80. The molecule has 2 aromatic rings. The Morgan fingerprint density at radius 2 is 1.79 bits per heavy atom. The molecule has 1 aromatic carbocycles. The van der Waals surface area contributed by atoms with Crippen molar-refractivity contribution in [1.82, 2.24) is 4.98 Å². The highest BCUT2D eigenvalue weighted by Crippen LogP contribution is 2.35. The Kier molecular flexibility index (Phi) is 5.47. The molecule has 0 spiro atoms. The van der Waals surface area contributed by atoms with Crippen LogP contribution in [-0.4, -0.2) is 11.0 Å². The summed E-state index contributed by atoms with van der Waals surface area (Å²) in [5.41, 5.74) is 3.82. The summed E-state index contributed by atoms with van der Waals surface area (Å²) in [6.07, 6.45) is -4.58. The highest BCUT2D eigenvalue weighted by Gasteiger charge is 2.33. The van der Waals surface area contributed by atoms with Gasteiger partial charge in [-0.1, -0.05) is 53.0 Å². The fourth-order valence-corrected chi connectivity index (χ4v) is 2.39. The van der Waals surface area contributed by atoms with Crippen LogP contribution in [0.2, 0.25) is 15.2 Å². The third kappa shape index (κ3) is 3.85. The van der Waals surface area contributed by atoms with Gasteiger partial charge in [0.1, 0.15) is 11.6 Å². The summed E-state index contributed by atoms with van der Waals surface area (Å²) in [6.45, 7) is -0.632. The molecule has 0 saturated heterocycles. The van der Waals surface area contributed by atoms with E-state index in [1.807, 2.05) is 0 Å². The first-order valence-corrected chi connectivity index (χ1v) is 7.38. The third-order valence-electron chi connectivity index (χ3n) is 2.95. The number of nitrogens with zero attached hydrogens (tertiary/aromatic N) is 1. The molecule has 0 aliphatic carbocycles. The third-order valence-corrected chi connectivity index (χ3v) is 4.08. The average molecular weight is 400 g/mol. The van der Waals surface area contributed by atoms with Crippen molar-refractivity contribution in [1.29, 1.82) is 0 Å². The molecule has 0 atom stereocenters. The van der Waals surface area contributed by atoms with E-state index in [4.69, 9.17) is 45.3 Å². The highest BCUT2D eigenvalue weighted by atomic mass is 35.5. The Morgan fingerprint density at radius 1 is 1.17 bits per heavy atom. The molecule has 0 unspecified atom stereocenters. The van der Waals surface area contributed by atoms with Gasteiger partial charge in [-0.2, -0.15) is 13.2 Å². The largest absolute Gasteiger partial charge is 0.456 e. The van der Waals surface area contributed by atoms with Crippen LogP contribution in [0.15, 0.2) is 24.3 Å². The first-order valence-electron chi connectivity index (χ1n) is 6.25. The van der Waals surface area contributed by atoms with Crippen LogP contribution < -0.4 is 5.73 Å². The molecule has 0 radical (unpaired) electrons. The number of benzene rings is 1. The van der Waals surface area contributed by atoms with Crippen molar-refractivity contribution in [3.8, 4) is 0 Å². The minimum Gasteiger partial charge on any atom is -0.456 e. The number of alkyl halides is 3. The van der Waals surface area contributed by atoms with E-state index in [-0.39, 0.29) is 26.4 Å². The standard InChI is InChI=1S/C14H8Cl3F3N2O2/c15-8-10(21)9(16)12(17)22-11(8)13(23)24-5-6-3-1-2-4-7(6)14(18,19)20/h1-4H,5H2,(H2,21,22). The number of hydrogen-bond donors (Lipinski definition) is 1. The van der Waals surface area contributed by atoms with Crippen molar-refractivity contribution < 1.29 is 22.7 Å². The second-order valence-corrected chi connectivity index (χ2v) is 5.64. The van der Waals surface area contributed by atoms with Gasteiger partial charge >= 0.3 is 12.1 Å². The van der Waals surface area contributed by atoms with Crippen LogP contribution in [0.25, 0.3) is 0 Å². The van der Waals surface area contributed by atoms with Gasteiger partial charge in [-0.15, -0.1) is 0 Å². The summed E-state index contributed by atoms with van der Waals surface area (Å²) in [4.78, 5) is 15.6. The summed E-state index contributed by atoms with van der Waals surface area (Å²) in [5, 5.41) is -0.708. The lowest BCUT2D eigenvalue weighted by atomic mass is 10.1. The normalized spacial score (nSPS) is 11.4. The quantitative estimate of drug-likeness (QED) is 0.583. The van der Waals surface area contributed by atoms with Crippen LogP contribution in [-0.2, 0) is 17.5 Å². The number of anilines is 1. The molecular weight excluding hydrogens is 392 g/mol. The maximum atomic E-state index is 12.9. The Labute approximate surface area is 149 Å². The summed E-state index contributed by atoms with van der Waals surface area (Å²) in [7, 11) is 0. The van der Waals surface area contributed by atoms with Gasteiger partial charge in [-0.25, -0.2) is 9.78 Å². The van der Waals surface area contributed by atoms with Gasteiger partial charge in [0.25, 0.3) is 0 Å². The number of carbonyl (C=O) groups excluding carboxylic acids is 1. The Bertz CT molecular complexity index is 798. The lowest BCUT2D eigenvalue weighted by Crippen LogP contribution is -2.13. The van der Waals surface area contributed by atoms with E-state index in [1.165, 1.54) is 18.2 Å². The van der Waals surface area contributed by atoms with Gasteiger partial charge in [0.15, 0.2) is 10.8 Å². The van der Waals surface area contributed by atoms with Crippen LogP contribution >= 0.6 is 34.8 Å². The highest BCUT2D eigenvalue weighted by molar-refractivity contribution is 6.46. The van der Waals surface area contributed by atoms with Gasteiger partial charge in [-0.3, -0.25) is 0 Å². The molecule has 0 aliphatic heterocycles. The number of ether oxygens (including phenoxy) is 1. The van der Waals surface area contributed by atoms with E-state index < -0.39 is 30.0 Å². The fraction of sp³-hybridized carbons (Fsp3) is 0.143. The lowest BCUT2D eigenvalue weighted by molar-refractivity contribution is -0.138. The molecule has 2 rings (SSSR count). The van der Waals surface area contributed by atoms with Crippen molar-refractivity contribution in [3.05, 3.63) is 56.3 Å². The van der Waals surface area contributed by atoms with Crippen LogP contribution in [0.1, 0.15) is 21.6 Å². The molecule has 4 nitrogen and oxygen atoms in total. The zero-order valence-corrected chi connectivity index (χ0v) is 13.9. The molecule has 0 fully saturated rings. The van der Waals surface area contributed by atoms with Crippen LogP contribution in [0, 0.1) is 0 Å². The summed E-state index contributed by atoms with van der Waals surface area (Å²) < 4.78 is 43.5. The van der Waals surface area contributed by atoms with Crippen LogP contribution in [0.3, 0.4) is 0 Å². The Balaban J connectivity index is 2.25. The molecule has 10 heteroatoms. The van der Waals surface area contributed by atoms with Crippen LogP contribution in [0.5, 0.6) is 0 Å². The minimum atomic E-state index is -4.58. The number of aromatic nitrogens is 1. The second kappa shape index (κ2) is 7.04. The predicted molar refractivity (Wildman–Crippen MR) is 84.2 cm³/mol. The first-order chi connectivity index (χ1) is 11.1. The Hall–Kier alpha value is -1.70. The van der Waals surface area contributed by atoms with Gasteiger partial charge < -0.3 is 10.5 Å². The summed E-state index contributed by atoms with van der Waals surface area (Å²) in [5.74, 6) is -1.08. The number of nitrogens with two attached hydrogens (primary N) is 1. The number of esters is 1. The molecule has 0 aliphatic rings. The average Bonchev–Trinajstić information content (AvgIpc) is 2.53. The monoisotopic (exact) mass is 398 g/mol. The van der Waals surface area contributed by atoms with E-state index in [0.717, 1.165) is 6.07 Å². The van der Waals surface area contributed by atoms with Crippen molar-refractivity contribution >= 4 is 46.5 Å². The maximum Gasteiger partial charge on any atom is 0.416 e. The number of pyridine rings is 1. The number of carbonyl (C=O) groups is 1. The predicted octanol–water partition coefficient (Wildman–Crippen LogP) is 5.00. The van der Waals surface area contributed by atoms with E-state index in [1.54, 1.807) is 0 Å². The van der Waals surface area contributed by atoms with E-state index in [9.17, 15) is 18.0 Å². The minimum absolute atomic E-state index is 0.138. The topological polar surface area (TPSA) is 65.2 Å². The van der Waals surface area contributed by atoms with Crippen molar-refractivity contribution in [2.45, 2.75) is 12.8 Å². The number of halogens is 6. The molecule has 1 heterocycles. The van der Waals surface area contributed by atoms with Gasteiger partial charge in [0, 0.05) is 5.56 Å². The van der Waals surface area contributed by atoms with Crippen molar-refractivity contribution in [2.75, 3.05) is 5.73 Å². The van der Waals surface area contributed by atoms with E-state index in [0.29, 0.717) is 0 Å². The number of nitrogen functional groups attached to an aromatic ring is 1. The maximum absolute atomic E-state index is 12.9. The summed E-state index contributed by atoms with van der Waals surface area (Å²) in [6, 6.07) is 4.69. The van der Waals surface area contributed by atoms with Crippen LogP contribution in [0.4, 0.5) is 18.9 Å². The zero-order valence-electron chi connectivity index (χ0n) is 11.6. The SMILES string of the molecule is Nc1c(Cl)c(Cl)nc(C(=O)OCc2ccccc2C(F)(F)F)c1Cl. The van der Waals surface area contributed by atoms with Crippen molar-refractivity contribution in [3.63, 3.8) is 0 Å². The lowest BCUT2D eigenvalue weighted by Gasteiger charge is -2.13. The molecule has 1 aromatic heterocycles. The zero-order chi connectivity index (χ0) is 18.1. The second-order valence-electron chi connectivity index (χ2n) is 4.52. The Morgan fingerprint density at radius 3 is 2.42 bits per heavy atom. The molecule has 2 N–H and O–H groups in total. The first kappa shape index (κ1) is 18.6. The molecule has 24 heavy (non-hydrogen) atoms. The van der Waals surface area contributed by atoms with E-state index >= 15 is 0 Å². The van der Waals surface area contributed by atoms with Gasteiger partial charge in [0.05, 0.1) is 16.3 Å². The molecule has 0 amide bonds. The van der Waals surface area contributed by atoms with Crippen molar-refractivity contribution in [2.24, 2.45) is 0 Å². The number of rotatable bonds is 3. The number of hydrogen-bond acceptors (Lipinski definition) is 4. The summed E-state index contributed by atoms with van der Waals surface area (Å²) >= 11 is 17.3. The molecule has 0 bridgehead atoms. The molecule has 0 saturated carbocycles. The van der Waals surface area contributed by atoms with Gasteiger partial charge in [0.2, 0.25) is 0 Å². The van der Waals surface area contributed by atoms with Gasteiger partial charge in [-0.05, 0) is 6.07 Å².